The van der Waals surface area contributed by atoms with Gasteiger partial charge in [-0.15, -0.1) is 0 Å². The maximum Gasteiger partial charge on any atom is 0.269 e. The fraction of sp³-hybridized carbons (Fsp3) is 0.208. The molecule has 3 aromatic rings. The van der Waals surface area contributed by atoms with E-state index in [1.807, 2.05) is 26.8 Å². The van der Waals surface area contributed by atoms with E-state index in [0.29, 0.717) is 6.42 Å². The summed E-state index contributed by atoms with van der Waals surface area (Å²) in [5, 5.41) is 25.8. The fourth-order valence-electron chi connectivity index (χ4n) is 3.92. The zero-order chi connectivity index (χ0) is 23.0. The van der Waals surface area contributed by atoms with E-state index in [2.05, 4.69) is 11.4 Å². The third-order valence-corrected chi connectivity index (χ3v) is 5.93. The van der Waals surface area contributed by atoms with Crippen LogP contribution in [0, 0.1) is 34.1 Å². The zero-order valence-corrected chi connectivity index (χ0v) is 18.0. The van der Waals surface area contributed by atoms with Gasteiger partial charge in [-0.25, -0.2) is 0 Å². The van der Waals surface area contributed by atoms with Crippen LogP contribution < -0.4 is 5.32 Å². The molecule has 0 amide bonds. The maximum absolute atomic E-state index is 11.1. The first kappa shape index (κ1) is 21.2. The van der Waals surface area contributed by atoms with Crippen molar-refractivity contribution in [1.29, 1.82) is 0 Å². The van der Waals surface area contributed by atoms with Gasteiger partial charge < -0.3 is 5.32 Å². The molecule has 32 heavy (non-hydrogen) atoms. The largest absolute Gasteiger partial charge is 0.374 e. The van der Waals surface area contributed by atoms with Crippen molar-refractivity contribution in [2.45, 2.75) is 32.7 Å². The number of benzene rings is 3. The Bertz CT molecular complexity index is 1250. The van der Waals surface area contributed by atoms with Crippen LogP contribution in [-0.4, -0.2) is 15.6 Å². The number of nitrogens with one attached hydrogen (secondary N) is 1. The molecule has 0 bridgehead atoms. The Hall–Kier alpha value is -4.07. The smallest absolute Gasteiger partial charge is 0.269 e. The highest BCUT2D eigenvalue weighted by molar-refractivity contribution is 6.04. The lowest BCUT2D eigenvalue weighted by Gasteiger charge is -2.32. The van der Waals surface area contributed by atoms with Crippen molar-refractivity contribution in [1.82, 2.24) is 0 Å². The molecule has 0 saturated carbocycles. The van der Waals surface area contributed by atoms with Crippen LogP contribution in [0.25, 0.3) is 0 Å². The van der Waals surface area contributed by atoms with Gasteiger partial charge in [-0.2, -0.15) is 0 Å². The number of aryl methyl sites for hydroxylation is 2. The van der Waals surface area contributed by atoms with Gasteiger partial charge >= 0.3 is 0 Å². The molecule has 1 aliphatic rings. The van der Waals surface area contributed by atoms with Crippen LogP contribution in [0.3, 0.4) is 0 Å². The number of anilines is 1. The fourth-order valence-corrected chi connectivity index (χ4v) is 3.92. The topological polar surface area (TPSA) is 111 Å². The number of fused-ring (bicyclic) bond motifs is 1. The molecule has 1 atom stereocenters. The first-order chi connectivity index (χ1) is 15.2. The van der Waals surface area contributed by atoms with Gasteiger partial charge in [-0.1, -0.05) is 0 Å². The number of hydrogen-bond acceptors (Lipinski definition) is 6. The highest BCUT2D eigenvalue weighted by Gasteiger charge is 2.33. The molecular formula is C24H22N4O4. The number of non-ortho nitro benzene ring substituents is 2. The quantitative estimate of drug-likeness (QED) is 0.405. The van der Waals surface area contributed by atoms with Crippen LogP contribution in [-0.2, 0) is 5.54 Å². The van der Waals surface area contributed by atoms with Crippen molar-refractivity contribution in [3.05, 3.63) is 103 Å². The van der Waals surface area contributed by atoms with Crippen molar-refractivity contribution in [2.24, 2.45) is 4.99 Å². The van der Waals surface area contributed by atoms with E-state index in [0.717, 1.165) is 39.3 Å². The third kappa shape index (κ3) is 3.94. The molecule has 0 aliphatic carbocycles. The van der Waals surface area contributed by atoms with E-state index in [-0.39, 0.29) is 11.4 Å². The molecule has 0 saturated heterocycles. The minimum absolute atomic E-state index is 0.0195. The summed E-state index contributed by atoms with van der Waals surface area (Å²) in [6, 6.07) is 16.9. The molecule has 1 aliphatic heterocycles. The molecule has 3 aromatic carbocycles. The number of nitro benzene ring substituents is 2. The van der Waals surface area contributed by atoms with Gasteiger partial charge in [-0.3, -0.25) is 25.2 Å². The van der Waals surface area contributed by atoms with Crippen LogP contribution in [0.1, 0.15) is 35.6 Å². The van der Waals surface area contributed by atoms with Crippen LogP contribution >= 0.6 is 0 Å². The standard InChI is InChI=1S/C24H22N4O4/c1-15-12-21-22(13-16(15)2)26-24(3,18-6-10-20(11-7-18)28(31)32)14-23(25-21)17-4-8-19(9-5-17)27(29)30/h4-13,26H,14H2,1-3H3. The Labute approximate surface area is 184 Å². The van der Waals surface area contributed by atoms with Gasteiger partial charge in [0.2, 0.25) is 0 Å². The summed E-state index contributed by atoms with van der Waals surface area (Å²) >= 11 is 0. The summed E-state index contributed by atoms with van der Waals surface area (Å²) in [7, 11) is 0. The second kappa shape index (κ2) is 7.88. The van der Waals surface area contributed by atoms with E-state index in [1.54, 1.807) is 24.3 Å². The lowest BCUT2D eigenvalue weighted by molar-refractivity contribution is -0.385. The molecule has 8 heteroatoms. The lowest BCUT2D eigenvalue weighted by atomic mass is 9.84. The molecule has 0 fully saturated rings. The molecule has 8 nitrogen and oxygen atoms in total. The van der Waals surface area contributed by atoms with Crippen LogP contribution in [0.5, 0.6) is 0 Å². The first-order valence-corrected chi connectivity index (χ1v) is 10.1. The Morgan fingerprint density at radius 3 is 1.97 bits per heavy atom. The Morgan fingerprint density at radius 2 is 1.41 bits per heavy atom. The molecule has 1 unspecified atom stereocenters. The van der Waals surface area contributed by atoms with Crippen molar-refractivity contribution in [2.75, 3.05) is 5.32 Å². The van der Waals surface area contributed by atoms with E-state index in [9.17, 15) is 20.2 Å². The molecule has 162 valence electrons. The zero-order valence-electron chi connectivity index (χ0n) is 18.0. The molecule has 0 radical (unpaired) electrons. The summed E-state index contributed by atoms with van der Waals surface area (Å²) in [6.45, 7) is 6.09. The SMILES string of the molecule is Cc1cc2c(cc1C)NC(C)(c1ccc([N+](=O)[O-])cc1)CC(c1ccc([N+](=O)[O-])cc1)=N2. The molecule has 0 spiro atoms. The third-order valence-electron chi connectivity index (χ3n) is 5.93. The maximum atomic E-state index is 11.1. The molecule has 1 N–H and O–H groups in total. The monoisotopic (exact) mass is 430 g/mol. The van der Waals surface area contributed by atoms with Crippen molar-refractivity contribution < 1.29 is 9.85 Å². The van der Waals surface area contributed by atoms with E-state index >= 15 is 0 Å². The molecule has 1 heterocycles. The summed E-state index contributed by atoms with van der Waals surface area (Å²) in [5.74, 6) is 0. The molecule has 0 aromatic heterocycles. The van der Waals surface area contributed by atoms with E-state index in [1.165, 1.54) is 24.3 Å². The van der Waals surface area contributed by atoms with Crippen LogP contribution in [0.2, 0.25) is 0 Å². The normalized spacial score (nSPS) is 17.5. The van der Waals surface area contributed by atoms with Crippen molar-refractivity contribution in [3.8, 4) is 0 Å². The summed E-state index contributed by atoms with van der Waals surface area (Å²) < 4.78 is 0. The highest BCUT2D eigenvalue weighted by atomic mass is 16.6. The van der Waals surface area contributed by atoms with E-state index in [4.69, 9.17) is 4.99 Å². The Kier molecular flexibility index (Phi) is 5.22. The van der Waals surface area contributed by atoms with Gasteiger partial charge in [0.15, 0.2) is 0 Å². The number of rotatable bonds is 4. The number of aliphatic imine (C=N–C) groups is 1. The van der Waals surface area contributed by atoms with E-state index < -0.39 is 15.4 Å². The van der Waals surface area contributed by atoms with Gasteiger partial charge in [0.05, 0.1) is 32.5 Å². The highest BCUT2D eigenvalue weighted by Crippen LogP contribution is 2.40. The second-order valence-corrected chi connectivity index (χ2v) is 8.25. The van der Waals surface area contributed by atoms with Gasteiger partial charge in [0.1, 0.15) is 0 Å². The summed E-state index contributed by atoms with van der Waals surface area (Å²) in [6.07, 6.45) is 0.482. The summed E-state index contributed by atoms with van der Waals surface area (Å²) in [4.78, 5) is 26.2. The predicted octanol–water partition coefficient (Wildman–Crippen LogP) is 5.97. The average molecular weight is 430 g/mol. The van der Waals surface area contributed by atoms with Gasteiger partial charge in [0, 0.05) is 30.7 Å². The van der Waals surface area contributed by atoms with Gasteiger partial charge in [-0.05, 0) is 79.4 Å². The van der Waals surface area contributed by atoms with Gasteiger partial charge in [0.25, 0.3) is 11.4 Å². The molecule has 4 rings (SSSR count). The number of hydrogen-bond donors (Lipinski definition) is 1. The molecular weight excluding hydrogens is 408 g/mol. The van der Waals surface area contributed by atoms with Crippen LogP contribution in [0.15, 0.2) is 65.7 Å². The average Bonchev–Trinajstić information content (AvgIpc) is 2.91. The van der Waals surface area contributed by atoms with Crippen LogP contribution in [0.4, 0.5) is 22.7 Å². The number of nitrogens with zero attached hydrogens (tertiary/aromatic N) is 3. The van der Waals surface area contributed by atoms with Crippen molar-refractivity contribution >= 4 is 28.5 Å². The lowest BCUT2D eigenvalue weighted by Crippen LogP contribution is -2.34. The Morgan fingerprint density at radius 1 is 0.875 bits per heavy atom. The minimum atomic E-state index is -0.608. The minimum Gasteiger partial charge on any atom is -0.374 e. The Balaban J connectivity index is 1.84. The first-order valence-electron chi connectivity index (χ1n) is 10.1. The van der Waals surface area contributed by atoms with Crippen molar-refractivity contribution in [3.63, 3.8) is 0 Å². The summed E-state index contributed by atoms with van der Waals surface area (Å²) in [5.41, 5.74) is 5.76. The number of nitro groups is 2. The second-order valence-electron chi connectivity index (χ2n) is 8.25. The predicted molar refractivity (Wildman–Crippen MR) is 124 cm³/mol.